The molecule has 6 nitrogen and oxygen atoms in total. The van der Waals surface area contributed by atoms with E-state index in [0.29, 0.717) is 24.5 Å². The Morgan fingerprint density at radius 3 is 2.72 bits per heavy atom. The van der Waals surface area contributed by atoms with Crippen LogP contribution in [-0.2, 0) is 11.3 Å². The molecule has 2 aliphatic heterocycles. The van der Waals surface area contributed by atoms with Crippen LogP contribution in [0.1, 0.15) is 23.7 Å². The summed E-state index contributed by atoms with van der Waals surface area (Å²) in [6, 6.07) is 3.82. The number of amides is 1. The van der Waals surface area contributed by atoms with Crippen molar-refractivity contribution < 1.29 is 19.4 Å². The number of hydrogen-bond acceptors (Lipinski definition) is 6. The number of methoxy groups -OCH3 is 2. The van der Waals surface area contributed by atoms with Crippen molar-refractivity contribution in [2.75, 3.05) is 38.8 Å². The largest absolute Gasteiger partial charge is 0.496 e. The maximum absolute atomic E-state index is 12.7. The Labute approximate surface area is 158 Å². The number of aliphatic hydroxyl groups is 1. The maximum Gasteiger partial charge on any atom is 0.224 e. The van der Waals surface area contributed by atoms with E-state index in [2.05, 4.69) is 5.32 Å². The molecule has 0 aromatic heterocycles. The molecular formula is C17H25ClN2O4S. The lowest BCUT2D eigenvalue weighted by atomic mass is 9.94. The Hall–Kier alpha value is -1.15. The summed E-state index contributed by atoms with van der Waals surface area (Å²) < 4.78 is 10.8. The molecule has 1 amide bonds. The highest BCUT2D eigenvalue weighted by molar-refractivity contribution is 7.99. The van der Waals surface area contributed by atoms with Crippen molar-refractivity contribution in [2.24, 2.45) is 0 Å². The fourth-order valence-electron chi connectivity index (χ4n) is 3.36. The number of benzene rings is 1. The molecule has 1 aromatic rings. The van der Waals surface area contributed by atoms with Gasteiger partial charge in [-0.2, -0.15) is 11.8 Å². The van der Waals surface area contributed by atoms with E-state index in [1.165, 1.54) is 0 Å². The monoisotopic (exact) mass is 388 g/mol. The van der Waals surface area contributed by atoms with Crippen LogP contribution in [0.3, 0.4) is 0 Å². The van der Waals surface area contributed by atoms with Gasteiger partial charge in [-0.15, -0.1) is 12.4 Å². The molecule has 0 aliphatic carbocycles. The molecule has 3 rings (SSSR count). The highest BCUT2D eigenvalue weighted by atomic mass is 35.5. The second-order valence-electron chi connectivity index (χ2n) is 6.08. The van der Waals surface area contributed by atoms with Crippen molar-refractivity contribution in [2.45, 2.75) is 25.1 Å². The van der Waals surface area contributed by atoms with Crippen molar-refractivity contribution in [3.05, 3.63) is 23.3 Å². The number of nitrogens with zero attached hydrogens (tertiary/aromatic N) is 1. The topological polar surface area (TPSA) is 71.0 Å². The van der Waals surface area contributed by atoms with Crippen molar-refractivity contribution in [1.29, 1.82) is 0 Å². The molecule has 2 atom stereocenters. The standard InChI is InChI=1S/C17H24N2O4S.ClH/c1-22-14-3-4-15(23-2)17-12(14)8-19(9-13(17)20)16(21)7-11-10-24-6-5-18-11;/h3-4,11,13,18,20H,5-10H2,1-2H3;1H. The lowest BCUT2D eigenvalue weighted by Gasteiger charge is -2.35. The van der Waals surface area contributed by atoms with Crippen molar-refractivity contribution in [3.63, 3.8) is 0 Å². The molecular weight excluding hydrogens is 364 g/mol. The van der Waals surface area contributed by atoms with Crippen LogP contribution in [0.4, 0.5) is 0 Å². The van der Waals surface area contributed by atoms with Gasteiger partial charge >= 0.3 is 0 Å². The molecule has 2 heterocycles. The van der Waals surface area contributed by atoms with Gasteiger partial charge in [0.15, 0.2) is 0 Å². The summed E-state index contributed by atoms with van der Waals surface area (Å²) in [5.74, 6) is 3.42. The van der Waals surface area contributed by atoms with Gasteiger partial charge in [-0.05, 0) is 12.1 Å². The van der Waals surface area contributed by atoms with E-state index in [1.54, 1.807) is 25.2 Å². The zero-order valence-electron chi connectivity index (χ0n) is 14.5. The van der Waals surface area contributed by atoms with Crippen LogP contribution in [0.15, 0.2) is 12.1 Å². The molecule has 2 aliphatic rings. The zero-order chi connectivity index (χ0) is 17.1. The molecule has 140 valence electrons. The first kappa shape index (κ1) is 20.2. The van der Waals surface area contributed by atoms with E-state index in [9.17, 15) is 9.90 Å². The lowest BCUT2D eigenvalue weighted by Crippen LogP contribution is -2.44. The van der Waals surface area contributed by atoms with Crippen LogP contribution in [0.5, 0.6) is 11.5 Å². The van der Waals surface area contributed by atoms with Crippen LogP contribution in [-0.4, -0.2) is 60.8 Å². The fraction of sp³-hybridized carbons (Fsp3) is 0.588. The van der Waals surface area contributed by atoms with E-state index < -0.39 is 6.10 Å². The first-order chi connectivity index (χ1) is 11.6. The van der Waals surface area contributed by atoms with Crippen LogP contribution >= 0.6 is 24.2 Å². The summed E-state index contributed by atoms with van der Waals surface area (Å²) in [6.45, 7) is 1.67. The third-order valence-electron chi connectivity index (χ3n) is 4.56. The average molecular weight is 389 g/mol. The third-order valence-corrected chi connectivity index (χ3v) is 5.69. The van der Waals surface area contributed by atoms with Crippen LogP contribution < -0.4 is 14.8 Å². The predicted molar refractivity (Wildman–Crippen MR) is 101 cm³/mol. The fourth-order valence-corrected chi connectivity index (χ4v) is 4.31. The van der Waals surface area contributed by atoms with Gasteiger partial charge in [-0.25, -0.2) is 0 Å². The first-order valence-electron chi connectivity index (χ1n) is 8.14. The predicted octanol–water partition coefficient (Wildman–Crippen LogP) is 1.60. The van der Waals surface area contributed by atoms with Gasteiger partial charge in [0.05, 0.1) is 20.8 Å². The molecule has 1 fully saturated rings. The van der Waals surface area contributed by atoms with Gasteiger partial charge in [-0.3, -0.25) is 4.79 Å². The minimum absolute atomic E-state index is 0. The van der Waals surface area contributed by atoms with Gasteiger partial charge in [0.2, 0.25) is 5.91 Å². The molecule has 1 aromatic carbocycles. The summed E-state index contributed by atoms with van der Waals surface area (Å²) in [4.78, 5) is 14.4. The van der Waals surface area contributed by atoms with Gasteiger partial charge in [0.1, 0.15) is 17.6 Å². The lowest BCUT2D eigenvalue weighted by molar-refractivity contribution is -0.134. The Morgan fingerprint density at radius 1 is 1.36 bits per heavy atom. The van der Waals surface area contributed by atoms with E-state index in [-0.39, 0.29) is 30.9 Å². The molecule has 0 radical (unpaired) electrons. The Balaban J connectivity index is 0.00000225. The number of β-amino-alcohol motifs (C(OH)–C–C–N with tert-alkyl or cyclic N) is 1. The number of rotatable bonds is 4. The van der Waals surface area contributed by atoms with Crippen LogP contribution in [0.2, 0.25) is 0 Å². The van der Waals surface area contributed by atoms with Crippen LogP contribution in [0, 0.1) is 0 Å². The second-order valence-corrected chi connectivity index (χ2v) is 7.23. The molecule has 25 heavy (non-hydrogen) atoms. The molecule has 2 N–H and O–H groups in total. The van der Waals surface area contributed by atoms with Gasteiger partial charge in [-0.1, -0.05) is 0 Å². The van der Waals surface area contributed by atoms with Gasteiger partial charge in [0.25, 0.3) is 0 Å². The number of aliphatic hydroxyl groups excluding tert-OH is 1. The molecule has 8 heteroatoms. The maximum atomic E-state index is 12.7. The summed E-state index contributed by atoms with van der Waals surface area (Å²) in [5, 5.41) is 14.0. The quantitative estimate of drug-likeness (QED) is 0.816. The van der Waals surface area contributed by atoms with Crippen molar-refractivity contribution >= 4 is 30.1 Å². The summed E-state index contributed by atoms with van der Waals surface area (Å²) >= 11 is 1.87. The van der Waals surface area contributed by atoms with Crippen molar-refractivity contribution in [1.82, 2.24) is 10.2 Å². The number of carbonyl (C=O) groups is 1. The number of fused-ring (bicyclic) bond motifs is 1. The minimum Gasteiger partial charge on any atom is -0.496 e. The minimum atomic E-state index is -0.767. The van der Waals surface area contributed by atoms with E-state index in [1.807, 2.05) is 17.8 Å². The molecule has 2 unspecified atom stereocenters. The van der Waals surface area contributed by atoms with Gasteiger partial charge in [0, 0.05) is 48.2 Å². The summed E-state index contributed by atoms with van der Waals surface area (Å²) in [7, 11) is 3.18. The number of carbonyl (C=O) groups excluding carboxylic acids is 1. The highest BCUT2D eigenvalue weighted by Gasteiger charge is 2.32. The summed E-state index contributed by atoms with van der Waals surface area (Å²) in [6.07, 6.45) is -0.308. The van der Waals surface area contributed by atoms with E-state index >= 15 is 0 Å². The van der Waals surface area contributed by atoms with E-state index in [0.717, 1.165) is 29.2 Å². The third kappa shape index (κ3) is 4.34. The Kier molecular flexibility index (Phi) is 7.25. The van der Waals surface area contributed by atoms with Gasteiger partial charge < -0.3 is 24.8 Å². The molecule has 0 bridgehead atoms. The van der Waals surface area contributed by atoms with Crippen LogP contribution in [0.25, 0.3) is 0 Å². The number of thioether (sulfide) groups is 1. The zero-order valence-corrected chi connectivity index (χ0v) is 16.1. The number of ether oxygens (including phenoxy) is 2. The average Bonchev–Trinajstić information content (AvgIpc) is 2.61. The smallest absolute Gasteiger partial charge is 0.224 e. The Morgan fingerprint density at radius 2 is 2.08 bits per heavy atom. The number of nitrogens with one attached hydrogen (secondary N) is 1. The summed E-state index contributed by atoms with van der Waals surface area (Å²) in [5.41, 5.74) is 1.56. The highest BCUT2D eigenvalue weighted by Crippen LogP contribution is 2.39. The SMILES string of the molecule is COc1ccc(OC)c2c1CN(C(=O)CC1CSCCN1)CC2O.Cl. The normalized spacial score (nSPS) is 22.6. The second kappa shape index (κ2) is 8.98. The Bertz CT molecular complexity index is 611. The molecule has 1 saturated heterocycles. The van der Waals surface area contributed by atoms with E-state index in [4.69, 9.17) is 9.47 Å². The number of halogens is 1. The van der Waals surface area contributed by atoms with Crippen molar-refractivity contribution in [3.8, 4) is 11.5 Å². The number of hydrogen-bond donors (Lipinski definition) is 2. The molecule has 0 saturated carbocycles. The molecule has 0 spiro atoms. The first-order valence-corrected chi connectivity index (χ1v) is 9.30.